The van der Waals surface area contributed by atoms with Gasteiger partial charge in [-0.3, -0.25) is 4.90 Å². The van der Waals surface area contributed by atoms with Gasteiger partial charge in [0.1, 0.15) is 0 Å². The number of hydrogen-bond acceptors (Lipinski definition) is 3. The van der Waals surface area contributed by atoms with Crippen LogP contribution >= 0.6 is 0 Å². The van der Waals surface area contributed by atoms with E-state index in [1.165, 1.54) is 12.8 Å². The van der Waals surface area contributed by atoms with Gasteiger partial charge in [-0.15, -0.1) is 0 Å². The summed E-state index contributed by atoms with van der Waals surface area (Å²) < 4.78 is 5.08. The third kappa shape index (κ3) is 4.51. The van der Waals surface area contributed by atoms with Crippen molar-refractivity contribution in [3.05, 3.63) is 10.4 Å². The van der Waals surface area contributed by atoms with Crippen LogP contribution in [0.3, 0.4) is 0 Å². The van der Waals surface area contributed by atoms with Crippen molar-refractivity contribution < 1.29 is 4.74 Å². The van der Waals surface area contributed by atoms with Crippen LogP contribution in [0, 0.1) is 5.92 Å². The Bertz CT molecular complexity index is 223. The van der Waals surface area contributed by atoms with Crippen LogP contribution in [0.15, 0.2) is 5.11 Å². The summed E-state index contributed by atoms with van der Waals surface area (Å²) >= 11 is 0. The molecule has 1 aliphatic carbocycles. The smallest absolute Gasteiger partial charge is 0.0589 e. The molecule has 5 nitrogen and oxygen atoms in total. The maximum atomic E-state index is 8.23. The summed E-state index contributed by atoms with van der Waals surface area (Å²) in [6, 6.07) is 0.592. The number of azide groups is 1. The average molecular weight is 212 g/mol. The summed E-state index contributed by atoms with van der Waals surface area (Å²) in [5, 5.41) is 3.58. The highest BCUT2D eigenvalue weighted by Gasteiger charge is 2.31. The third-order valence-corrected chi connectivity index (χ3v) is 3.01. The van der Waals surface area contributed by atoms with Crippen LogP contribution in [0.1, 0.15) is 19.8 Å². The molecule has 5 heteroatoms. The molecule has 0 aliphatic heterocycles. The molecule has 86 valence electrons. The molecule has 1 unspecified atom stereocenters. The van der Waals surface area contributed by atoms with Crippen LogP contribution < -0.4 is 0 Å². The Morgan fingerprint density at radius 2 is 2.27 bits per heavy atom. The number of nitrogens with zero attached hydrogens (tertiary/aromatic N) is 4. The van der Waals surface area contributed by atoms with Crippen molar-refractivity contribution in [2.24, 2.45) is 11.0 Å². The van der Waals surface area contributed by atoms with E-state index in [1.54, 1.807) is 7.11 Å². The van der Waals surface area contributed by atoms with Gasteiger partial charge in [-0.2, -0.15) is 0 Å². The van der Waals surface area contributed by atoms with Crippen LogP contribution in [-0.4, -0.2) is 44.3 Å². The van der Waals surface area contributed by atoms with Gasteiger partial charge in [0, 0.05) is 37.7 Å². The van der Waals surface area contributed by atoms with Gasteiger partial charge in [-0.25, -0.2) is 0 Å². The molecule has 1 fully saturated rings. The molecule has 15 heavy (non-hydrogen) atoms. The van der Waals surface area contributed by atoms with Crippen molar-refractivity contribution >= 4 is 0 Å². The minimum Gasteiger partial charge on any atom is -0.383 e. The first-order valence-corrected chi connectivity index (χ1v) is 5.53. The number of rotatable bonds is 8. The molecular formula is C10H20N4O. The van der Waals surface area contributed by atoms with E-state index >= 15 is 0 Å². The van der Waals surface area contributed by atoms with Crippen LogP contribution in [0.4, 0.5) is 0 Å². The summed E-state index contributed by atoms with van der Waals surface area (Å²) in [5.41, 5.74) is 8.23. The predicted molar refractivity (Wildman–Crippen MR) is 59.6 cm³/mol. The predicted octanol–water partition coefficient (Wildman–Crippen LogP) is 2.04. The lowest BCUT2D eigenvalue weighted by atomic mass is 10.2. The fraction of sp³-hybridized carbons (Fsp3) is 1.00. The molecule has 0 heterocycles. The summed E-state index contributed by atoms with van der Waals surface area (Å²) in [6.07, 6.45) is 2.68. The Labute approximate surface area is 91.0 Å². The molecule has 0 aromatic carbocycles. The largest absolute Gasteiger partial charge is 0.383 e. The molecule has 1 saturated carbocycles. The number of hydrogen-bond donors (Lipinski definition) is 0. The Hall–Kier alpha value is -0.770. The van der Waals surface area contributed by atoms with Crippen molar-refractivity contribution in [1.82, 2.24) is 4.90 Å². The zero-order valence-corrected chi connectivity index (χ0v) is 9.59. The van der Waals surface area contributed by atoms with E-state index in [0.717, 1.165) is 25.6 Å². The van der Waals surface area contributed by atoms with Crippen LogP contribution in [-0.2, 0) is 4.74 Å². The Kier molecular flexibility index (Phi) is 5.47. The van der Waals surface area contributed by atoms with E-state index in [2.05, 4.69) is 21.8 Å². The number of methoxy groups -OCH3 is 1. The summed E-state index contributed by atoms with van der Waals surface area (Å²) in [7, 11) is 1.72. The quantitative estimate of drug-likeness (QED) is 0.351. The first kappa shape index (κ1) is 12.3. The highest BCUT2D eigenvalue weighted by atomic mass is 16.5. The summed E-state index contributed by atoms with van der Waals surface area (Å²) in [5.74, 6) is 0.841. The molecule has 0 spiro atoms. The maximum Gasteiger partial charge on any atom is 0.0589 e. The van der Waals surface area contributed by atoms with Gasteiger partial charge in [0.25, 0.3) is 0 Å². The topological polar surface area (TPSA) is 61.2 Å². The average Bonchev–Trinajstić information content (AvgIpc) is 3.06. The Balaban J connectivity index is 2.32. The molecule has 0 radical (unpaired) electrons. The minimum atomic E-state index is 0.553. The zero-order valence-electron chi connectivity index (χ0n) is 9.59. The van der Waals surface area contributed by atoms with Crippen LogP contribution in [0.25, 0.3) is 10.4 Å². The Morgan fingerprint density at radius 3 is 2.80 bits per heavy atom. The molecule has 1 rings (SSSR count). The van der Waals surface area contributed by atoms with E-state index < -0.39 is 0 Å². The monoisotopic (exact) mass is 212 g/mol. The minimum absolute atomic E-state index is 0.553. The lowest BCUT2D eigenvalue weighted by Crippen LogP contribution is -2.38. The molecule has 0 aromatic heterocycles. The fourth-order valence-corrected chi connectivity index (χ4v) is 1.82. The molecule has 0 amide bonds. The van der Waals surface area contributed by atoms with E-state index in [1.807, 2.05) is 0 Å². The molecule has 1 atom stereocenters. The SMILES string of the molecule is COCCN(CCN=[N+]=[N-])C(C)C1CC1. The van der Waals surface area contributed by atoms with Crippen molar-refractivity contribution in [3.63, 3.8) is 0 Å². The lowest BCUT2D eigenvalue weighted by molar-refractivity contribution is 0.119. The van der Waals surface area contributed by atoms with Gasteiger partial charge in [0.2, 0.25) is 0 Å². The van der Waals surface area contributed by atoms with E-state index in [0.29, 0.717) is 12.6 Å². The van der Waals surface area contributed by atoms with Crippen LogP contribution in [0.2, 0.25) is 0 Å². The van der Waals surface area contributed by atoms with E-state index in [4.69, 9.17) is 10.3 Å². The molecule has 0 aromatic rings. The second kappa shape index (κ2) is 6.67. The Morgan fingerprint density at radius 1 is 1.53 bits per heavy atom. The van der Waals surface area contributed by atoms with E-state index in [9.17, 15) is 0 Å². The molecule has 0 N–H and O–H groups in total. The second-order valence-corrected chi connectivity index (χ2v) is 4.06. The van der Waals surface area contributed by atoms with Crippen LogP contribution in [0.5, 0.6) is 0 Å². The second-order valence-electron chi connectivity index (χ2n) is 4.06. The van der Waals surface area contributed by atoms with Gasteiger partial charge in [0.15, 0.2) is 0 Å². The zero-order chi connectivity index (χ0) is 11.1. The summed E-state index contributed by atoms with van der Waals surface area (Å²) in [6.45, 7) is 5.31. The van der Waals surface area contributed by atoms with Gasteiger partial charge in [-0.05, 0) is 31.2 Å². The van der Waals surface area contributed by atoms with Crippen molar-refractivity contribution in [2.45, 2.75) is 25.8 Å². The fourth-order valence-electron chi connectivity index (χ4n) is 1.82. The number of ether oxygens (including phenoxy) is 1. The lowest BCUT2D eigenvalue weighted by Gasteiger charge is -2.28. The normalized spacial score (nSPS) is 17.5. The molecular weight excluding hydrogens is 192 g/mol. The summed E-state index contributed by atoms with van der Waals surface area (Å²) in [4.78, 5) is 5.13. The van der Waals surface area contributed by atoms with Gasteiger partial charge >= 0.3 is 0 Å². The van der Waals surface area contributed by atoms with Gasteiger partial charge in [-0.1, -0.05) is 5.11 Å². The van der Waals surface area contributed by atoms with Crippen molar-refractivity contribution in [2.75, 3.05) is 33.4 Å². The maximum absolute atomic E-state index is 8.23. The van der Waals surface area contributed by atoms with Crippen molar-refractivity contribution in [3.8, 4) is 0 Å². The molecule has 0 saturated heterocycles. The van der Waals surface area contributed by atoms with Crippen molar-refractivity contribution in [1.29, 1.82) is 0 Å². The first-order chi connectivity index (χ1) is 7.29. The standard InChI is InChI=1S/C10H20N4O/c1-9(10-3-4-10)14(7-8-15-2)6-5-12-13-11/h9-10H,3-8H2,1-2H3. The molecule has 1 aliphatic rings. The van der Waals surface area contributed by atoms with Gasteiger partial charge < -0.3 is 4.74 Å². The first-order valence-electron chi connectivity index (χ1n) is 5.53. The highest BCUT2D eigenvalue weighted by molar-refractivity contribution is 4.85. The molecule has 0 bridgehead atoms. The van der Waals surface area contributed by atoms with E-state index in [-0.39, 0.29) is 0 Å². The third-order valence-electron chi connectivity index (χ3n) is 3.01. The highest BCUT2D eigenvalue weighted by Crippen LogP contribution is 2.34. The van der Waals surface area contributed by atoms with Gasteiger partial charge in [0.05, 0.1) is 6.61 Å².